The van der Waals surface area contributed by atoms with E-state index in [1.165, 1.54) is 5.56 Å². The third-order valence-corrected chi connectivity index (χ3v) is 5.37. The maximum absolute atomic E-state index is 13.1. The summed E-state index contributed by atoms with van der Waals surface area (Å²) in [6.07, 6.45) is 2.40. The van der Waals surface area contributed by atoms with Gasteiger partial charge in [0.2, 0.25) is 0 Å². The van der Waals surface area contributed by atoms with Crippen molar-refractivity contribution in [1.29, 1.82) is 0 Å². The summed E-state index contributed by atoms with van der Waals surface area (Å²) in [5.41, 5.74) is 6.54. The predicted octanol–water partition coefficient (Wildman–Crippen LogP) is 4.98. The highest BCUT2D eigenvalue weighted by molar-refractivity contribution is 6.05. The molecule has 4 aromatic rings. The molecule has 156 valence electrons. The second-order valence-electron chi connectivity index (χ2n) is 7.43. The standard InChI is InChI=1S/C24H22N4O3/c1-15-4-10-20(12-16(15)2)27(3)23(29)18-7-11-22-25-13-21(28(22)14-18)17-5-8-19(9-6-17)26-24(30)31/h4-14,26H,1-3H3,(H,30,31). The van der Waals surface area contributed by atoms with Gasteiger partial charge in [-0.15, -0.1) is 0 Å². The average molecular weight is 414 g/mol. The summed E-state index contributed by atoms with van der Waals surface area (Å²) < 4.78 is 1.86. The van der Waals surface area contributed by atoms with E-state index in [-0.39, 0.29) is 5.91 Å². The highest BCUT2D eigenvalue weighted by Crippen LogP contribution is 2.24. The van der Waals surface area contributed by atoms with Crippen LogP contribution in [0.3, 0.4) is 0 Å². The Labute approximate surface area is 179 Å². The van der Waals surface area contributed by atoms with Crippen molar-refractivity contribution in [3.63, 3.8) is 0 Å². The fourth-order valence-corrected chi connectivity index (χ4v) is 3.41. The monoisotopic (exact) mass is 414 g/mol. The lowest BCUT2D eigenvalue weighted by Gasteiger charge is -2.19. The molecule has 2 aromatic carbocycles. The van der Waals surface area contributed by atoms with Gasteiger partial charge in [-0.1, -0.05) is 18.2 Å². The molecule has 4 rings (SSSR count). The number of aromatic nitrogens is 2. The third-order valence-electron chi connectivity index (χ3n) is 5.37. The molecule has 0 bridgehead atoms. The van der Waals surface area contributed by atoms with Gasteiger partial charge in [0, 0.05) is 30.2 Å². The fourth-order valence-electron chi connectivity index (χ4n) is 3.41. The van der Waals surface area contributed by atoms with E-state index in [9.17, 15) is 9.59 Å². The van der Waals surface area contributed by atoms with Crippen LogP contribution in [0, 0.1) is 13.8 Å². The Morgan fingerprint density at radius 1 is 1.00 bits per heavy atom. The van der Waals surface area contributed by atoms with E-state index in [2.05, 4.69) is 10.3 Å². The molecule has 7 heteroatoms. The zero-order chi connectivity index (χ0) is 22.1. The van der Waals surface area contributed by atoms with E-state index >= 15 is 0 Å². The summed E-state index contributed by atoms with van der Waals surface area (Å²) >= 11 is 0. The second-order valence-corrected chi connectivity index (χ2v) is 7.43. The van der Waals surface area contributed by atoms with Crippen LogP contribution in [0.2, 0.25) is 0 Å². The number of benzene rings is 2. The molecule has 0 atom stereocenters. The Hall–Kier alpha value is -4.13. The number of rotatable bonds is 4. The summed E-state index contributed by atoms with van der Waals surface area (Å²) in [5.74, 6) is -0.120. The van der Waals surface area contributed by atoms with Gasteiger partial charge in [-0.05, 0) is 61.4 Å². The topological polar surface area (TPSA) is 86.9 Å². The zero-order valence-corrected chi connectivity index (χ0v) is 17.5. The van der Waals surface area contributed by atoms with Crippen molar-refractivity contribution in [2.45, 2.75) is 13.8 Å². The number of hydrogen-bond acceptors (Lipinski definition) is 3. The van der Waals surface area contributed by atoms with Gasteiger partial charge >= 0.3 is 6.09 Å². The number of pyridine rings is 1. The number of carbonyl (C=O) groups is 2. The number of nitrogens with zero attached hydrogens (tertiary/aromatic N) is 3. The van der Waals surface area contributed by atoms with E-state index in [0.717, 1.165) is 22.5 Å². The minimum atomic E-state index is -1.11. The maximum atomic E-state index is 13.1. The van der Waals surface area contributed by atoms with Crippen LogP contribution < -0.4 is 10.2 Å². The Morgan fingerprint density at radius 3 is 2.42 bits per heavy atom. The van der Waals surface area contributed by atoms with E-state index in [0.29, 0.717) is 16.9 Å². The summed E-state index contributed by atoms with van der Waals surface area (Å²) in [6.45, 7) is 4.07. The summed E-state index contributed by atoms with van der Waals surface area (Å²) in [7, 11) is 1.76. The van der Waals surface area contributed by atoms with Crippen molar-refractivity contribution in [1.82, 2.24) is 9.38 Å². The molecule has 2 amide bonds. The molecular formula is C24H22N4O3. The molecule has 0 saturated carbocycles. The first-order chi connectivity index (χ1) is 14.8. The number of aryl methyl sites for hydroxylation is 2. The van der Waals surface area contributed by atoms with Crippen LogP contribution in [0.1, 0.15) is 21.5 Å². The number of carbonyl (C=O) groups excluding carboxylic acids is 1. The molecule has 7 nitrogen and oxygen atoms in total. The minimum absolute atomic E-state index is 0.120. The van der Waals surface area contributed by atoms with Gasteiger partial charge in [0.25, 0.3) is 5.91 Å². The normalized spacial score (nSPS) is 10.8. The van der Waals surface area contributed by atoms with E-state index < -0.39 is 6.09 Å². The summed E-state index contributed by atoms with van der Waals surface area (Å²) in [4.78, 5) is 30.0. The van der Waals surface area contributed by atoms with Crippen molar-refractivity contribution in [2.24, 2.45) is 0 Å². The summed E-state index contributed by atoms with van der Waals surface area (Å²) in [6, 6.07) is 16.5. The molecule has 0 spiro atoms. The maximum Gasteiger partial charge on any atom is 0.409 e. The molecular weight excluding hydrogens is 392 g/mol. The second kappa shape index (κ2) is 7.95. The van der Waals surface area contributed by atoms with Gasteiger partial charge in [0.15, 0.2) is 0 Å². The lowest BCUT2D eigenvalue weighted by atomic mass is 10.1. The van der Waals surface area contributed by atoms with Crippen LogP contribution in [0.25, 0.3) is 16.9 Å². The highest BCUT2D eigenvalue weighted by Gasteiger charge is 2.16. The largest absolute Gasteiger partial charge is 0.465 e. The Balaban J connectivity index is 1.67. The Morgan fingerprint density at radius 2 is 1.74 bits per heavy atom. The molecule has 0 fully saturated rings. The third kappa shape index (κ3) is 3.98. The number of anilines is 2. The molecule has 0 unspecified atom stereocenters. The van der Waals surface area contributed by atoms with Gasteiger partial charge in [-0.3, -0.25) is 14.5 Å². The van der Waals surface area contributed by atoms with E-state index in [1.807, 2.05) is 54.6 Å². The molecule has 0 radical (unpaired) electrons. The van der Waals surface area contributed by atoms with E-state index in [4.69, 9.17) is 5.11 Å². The summed E-state index contributed by atoms with van der Waals surface area (Å²) in [5, 5.41) is 11.2. The molecule has 0 saturated heterocycles. The number of hydrogen-bond donors (Lipinski definition) is 2. The van der Waals surface area contributed by atoms with Crippen LogP contribution in [0.5, 0.6) is 0 Å². The number of carboxylic acid groups (broad SMARTS) is 1. The van der Waals surface area contributed by atoms with Crippen LogP contribution >= 0.6 is 0 Å². The Bertz CT molecular complexity index is 1290. The van der Waals surface area contributed by atoms with Gasteiger partial charge in [-0.25, -0.2) is 9.78 Å². The Kier molecular flexibility index (Phi) is 5.17. The van der Waals surface area contributed by atoms with Gasteiger partial charge in [0.05, 0.1) is 17.5 Å². The number of fused-ring (bicyclic) bond motifs is 1. The number of amides is 2. The smallest absolute Gasteiger partial charge is 0.409 e. The molecule has 0 aliphatic rings. The lowest BCUT2D eigenvalue weighted by Crippen LogP contribution is -2.26. The molecule has 31 heavy (non-hydrogen) atoms. The molecule has 0 aliphatic heterocycles. The minimum Gasteiger partial charge on any atom is -0.465 e. The van der Waals surface area contributed by atoms with Crippen LogP contribution in [-0.2, 0) is 0 Å². The van der Waals surface area contributed by atoms with Crippen molar-refractivity contribution in [3.05, 3.63) is 83.7 Å². The number of nitrogens with one attached hydrogen (secondary N) is 1. The highest BCUT2D eigenvalue weighted by atomic mass is 16.4. The molecule has 0 aliphatic carbocycles. The van der Waals surface area contributed by atoms with Gasteiger partial charge in [-0.2, -0.15) is 0 Å². The number of imidazole rings is 1. The first kappa shape index (κ1) is 20.2. The van der Waals surface area contributed by atoms with Gasteiger partial charge in [0.1, 0.15) is 5.65 Å². The first-order valence-electron chi connectivity index (χ1n) is 9.76. The fraction of sp³-hybridized carbons (Fsp3) is 0.125. The van der Waals surface area contributed by atoms with Crippen LogP contribution in [0.15, 0.2) is 67.0 Å². The van der Waals surface area contributed by atoms with E-state index in [1.54, 1.807) is 42.5 Å². The van der Waals surface area contributed by atoms with Gasteiger partial charge < -0.3 is 10.0 Å². The van der Waals surface area contributed by atoms with Crippen molar-refractivity contribution in [3.8, 4) is 11.3 Å². The van der Waals surface area contributed by atoms with Crippen molar-refractivity contribution in [2.75, 3.05) is 17.3 Å². The quantitative estimate of drug-likeness (QED) is 0.493. The predicted molar refractivity (Wildman–Crippen MR) is 121 cm³/mol. The van der Waals surface area contributed by atoms with Crippen LogP contribution in [-0.4, -0.2) is 33.5 Å². The SMILES string of the molecule is Cc1ccc(N(C)C(=O)c2ccc3ncc(-c4ccc(NC(=O)O)cc4)n3c2)cc1C. The average Bonchev–Trinajstić information content (AvgIpc) is 3.18. The van der Waals surface area contributed by atoms with Crippen molar-refractivity contribution >= 4 is 29.0 Å². The first-order valence-corrected chi connectivity index (χ1v) is 9.76. The molecule has 2 N–H and O–H groups in total. The lowest BCUT2D eigenvalue weighted by molar-refractivity contribution is 0.0992. The molecule has 2 aromatic heterocycles. The van der Waals surface area contributed by atoms with Crippen molar-refractivity contribution < 1.29 is 14.7 Å². The zero-order valence-electron chi connectivity index (χ0n) is 17.5. The van der Waals surface area contributed by atoms with Crippen LogP contribution in [0.4, 0.5) is 16.2 Å². The molecule has 2 heterocycles.